The molecule has 4 rings (SSSR count). The van der Waals surface area contributed by atoms with Gasteiger partial charge in [-0.1, -0.05) is 12.1 Å². The van der Waals surface area contributed by atoms with Gasteiger partial charge in [0.15, 0.2) is 16.6 Å². The number of carbonyl (C=O) groups excluding carboxylic acids is 1. The van der Waals surface area contributed by atoms with Crippen molar-refractivity contribution in [3.8, 4) is 11.3 Å². The predicted octanol–water partition coefficient (Wildman–Crippen LogP) is 3.68. The number of aromatic nitrogens is 3. The molecule has 3 aromatic heterocycles. The fourth-order valence-electron chi connectivity index (χ4n) is 3.28. The molecular weight excluding hydrogens is 362 g/mol. The van der Waals surface area contributed by atoms with Gasteiger partial charge in [-0.2, -0.15) is 0 Å². The average molecular weight is 383 g/mol. The first-order chi connectivity index (χ1) is 13.2. The van der Waals surface area contributed by atoms with E-state index in [2.05, 4.69) is 32.3 Å². The molecule has 1 atom stereocenters. The molecule has 140 valence electrons. The van der Waals surface area contributed by atoms with E-state index in [1.165, 1.54) is 24.2 Å². The summed E-state index contributed by atoms with van der Waals surface area (Å²) in [6.45, 7) is 5.33. The molecule has 0 bridgehead atoms. The molecule has 0 aliphatic carbocycles. The molecule has 27 heavy (non-hydrogen) atoms. The number of piperidine rings is 1. The van der Waals surface area contributed by atoms with Crippen LogP contribution < -0.4 is 5.32 Å². The van der Waals surface area contributed by atoms with Gasteiger partial charge in [-0.3, -0.25) is 20.0 Å². The zero-order chi connectivity index (χ0) is 18.6. The van der Waals surface area contributed by atoms with Crippen LogP contribution in [0.25, 0.3) is 11.3 Å². The van der Waals surface area contributed by atoms with Crippen molar-refractivity contribution >= 4 is 22.4 Å². The third-order valence-electron chi connectivity index (χ3n) is 4.59. The second-order valence-electron chi connectivity index (χ2n) is 6.90. The number of nitrogens with one attached hydrogen (secondary N) is 1. The molecule has 1 N–H and O–H groups in total. The maximum absolute atomic E-state index is 12.4. The van der Waals surface area contributed by atoms with Gasteiger partial charge in [0, 0.05) is 42.5 Å². The Balaban J connectivity index is 1.37. The van der Waals surface area contributed by atoms with Crippen LogP contribution in [0.3, 0.4) is 0 Å². The Morgan fingerprint density at radius 2 is 2.41 bits per heavy atom. The third kappa shape index (κ3) is 4.40. The summed E-state index contributed by atoms with van der Waals surface area (Å²) in [6, 6.07) is 5.26. The highest BCUT2D eigenvalue weighted by Crippen LogP contribution is 2.22. The highest BCUT2D eigenvalue weighted by Gasteiger charge is 2.19. The quantitative estimate of drug-likeness (QED) is 0.723. The van der Waals surface area contributed by atoms with Crippen LogP contribution in [0.4, 0.5) is 5.13 Å². The number of amides is 1. The van der Waals surface area contributed by atoms with E-state index in [-0.39, 0.29) is 11.6 Å². The van der Waals surface area contributed by atoms with Crippen molar-refractivity contribution in [1.82, 2.24) is 20.0 Å². The predicted molar refractivity (Wildman–Crippen MR) is 103 cm³/mol. The van der Waals surface area contributed by atoms with Crippen molar-refractivity contribution in [1.29, 1.82) is 0 Å². The molecule has 0 radical (unpaired) electrons. The van der Waals surface area contributed by atoms with E-state index >= 15 is 0 Å². The van der Waals surface area contributed by atoms with Gasteiger partial charge < -0.3 is 4.52 Å². The van der Waals surface area contributed by atoms with Crippen LogP contribution in [0.1, 0.15) is 35.9 Å². The lowest BCUT2D eigenvalue weighted by Crippen LogP contribution is -2.33. The number of rotatable bonds is 5. The van der Waals surface area contributed by atoms with Crippen LogP contribution >= 0.6 is 11.3 Å². The van der Waals surface area contributed by atoms with Crippen LogP contribution in [0.2, 0.25) is 0 Å². The Morgan fingerprint density at radius 3 is 3.22 bits per heavy atom. The van der Waals surface area contributed by atoms with Gasteiger partial charge in [-0.05, 0) is 37.4 Å². The molecule has 1 fully saturated rings. The number of anilines is 1. The molecule has 0 spiro atoms. The molecular formula is C19H21N5O2S. The van der Waals surface area contributed by atoms with Crippen LogP contribution in [0, 0.1) is 5.92 Å². The summed E-state index contributed by atoms with van der Waals surface area (Å²) in [6.07, 6.45) is 5.88. The molecule has 8 heteroatoms. The summed E-state index contributed by atoms with van der Waals surface area (Å²) in [4.78, 5) is 23.4. The molecule has 1 unspecified atom stereocenters. The zero-order valence-electron chi connectivity index (χ0n) is 15.1. The van der Waals surface area contributed by atoms with E-state index in [4.69, 9.17) is 4.52 Å². The summed E-state index contributed by atoms with van der Waals surface area (Å²) in [5, 5.41) is 9.23. The monoisotopic (exact) mass is 383 g/mol. The highest BCUT2D eigenvalue weighted by atomic mass is 32.1. The number of likely N-dealkylation sites (tertiary alicyclic amines) is 1. The second-order valence-corrected chi connectivity index (χ2v) is 7.76. The lowest BCUT2D eigenvalue weighted by molar-refractivity contribution is 0.101. The van der Waals surface area contributed by atoms with Crippen molar-refractivity contribution in [2.75, 3.05) is 18.4 Å². The van der Waals surface area contributed by atoms with Gasteiger partial charge in [-0.25, -0.2) is 4.98 Å². The lowest BCUT2D eigenvalue weighted by Gasteiger charge is -2.30. The van der Waals surface area contributed by atoms with Crippen molar-refractivity contribution < 1.29 is 9.32 Å². The Hall–Kier alpha value is -2.58. The fraction of sp³-hybridized carbons (Fsp3) is 0.368. The number of carbonyl (C=O) groups is 1. The first-order valence-electron chi connectivity index (χ1n) is 9.02. The number of pyridine rings is 1. The highest BCUT2D eigenvalue weighted by molar-refractivity contribution is 7.13. The Morgan fingerprint density at radius 1 is 1.48 bits per heavy atom. The SMILES string of the molecule is CC1CCCN(Cc2csc(NC(=O)c3cc(-c4cccnc4)on3)n2)C1. The molecule has 0 aromatic carbocycles. The van der Waals surface area contributed by atoms with Crippen molar-refractivity contribution in [2.45, 2.75) is 26.3 Å². The average Bonchev–Trinajstić information content (AvgIpc) is 3.32. The minimum absolute atomic E-state index is 0.218. The van der Waals surface area contributed by atoms with Gasteiger partial charge in [-0.15, -0.1) is 11.3 Å². The smallest absolute Gasteiger partial charge is 0.279 e. The lowest BCUT2D eigenvalue weighted by atomic mass is 10.0. The van der Waals surface area contributed by atoms with E-state index in [0.29, 0.717) is 10.9 Å². The Bertz CT molecular complexity index is 908. The van der Waals surface area contributed by atoms with Crippen molar-refractivity contribution in [2.24, 2.45) is 5.92 Å². The third-order valence-corrected chi connectivity index (χ3v) is 5.39. The molecule has 4 heterocycles. The standard InChI is InChI=1S/C19H21N5O2S/c1-13-4-3-7-24(10-13)11-15-12-27-19(21-15)22-18(25)16-8-17(26-23-16)14-5-2-6-20-9-14/h2,5-6,8-9,12-13H,3-4,7,10-11H2,1H3,(H,21,22,25). The number of hydrogen-bond donors (Lipinski definition) is 1. The summed E-state index contributed by atoms with van der Waals surface area (Å²) >= 11 is 1.43. The van der Waals surface area contributed by atoms with Crippen LogP contribution in [-0.2, 0) is 6.54 Å². The Labute approximate surface area is 161 Å². The second kappa shape index (κ2) is 7.98. The molecule has 1 aliphatic heterocycles. The summed E-state index contributed by atoms with van der Waals surface area (Å²) < 4.78 is 5.25. The van der Waals surface area contributed by atoms with Crippen LogP contribution in [0.15, 0.2) is 40.5 Å². The maximum Gasteiger partial charge on any atom is 0.279 e. The fourth-order valence-corrected chi connectivity index (χ4v) is 3.98. The minimum atomic E-state index is -0.332. The first kappa shape index (κ1) is 17.8. The Kier molecular flexibility index (Phi) is 5.26. The van der Waals surface area contributed by atoms with Gasteiger partial charge in [0.05, 0.1) is 5.69 Å². The summed E-state index contributed by atoms with van der Waals surface area (Å²) in [5.41, 5.74) is 1.98. The van der Waals surface area contributed by atoms with E-state index in [0.717, 1.165) is 36.8 Å². The van der Waals surface area contributed by atoms with E-state index in [1.54, 1.807) is 24.5 Å². The maximum atomic E-state index is 12.4. The van der Waals surface area contributed by atoms with Crippen molar-refractivity contribution in [3.05, 3.63) is 47.4 Å². The molecule has 1 aliphatic rings. The van der Waals surface area contributed by atoms with Crippen LogP contribution in [-0.4, -0.2) is 39.0 Å². The molecule has 7 nitrogen and oxygen atoms in total. The molecule has 3 aromatic rings. The molecule has 1 amide bonds. The van der Waals surface area contributed by atoms with Gasteiger partial charge in [0.25, 0.3) is 5.91 Å². The summed E-state index contributed by atoms with van der Waals surface area (Å²) in [7, 11) is 0. The van der Waals surface area contributed by atoms with Crippen molar-refractivity contribution in [3.63, 3.8) is 0 Å². The number of hydrogen-bond acceptors (Lipinski definition) is 7. The zero-order valence-corrected chi connectivity index (χ0v) is 15.9. The van der Waals surface area contributed by atoms with E-state index < -0.39 is 0 Å². The van der Waals surface area contributed by atoms with Crippen LogP contribution in [0.5, 0.6) is 0 Å². The van der Waals surface area contributed by atoms with E-state index in [9.17, 15) is 4.79 Å². The topological polar surface area (TPSA) is 84.2 Å². The van der Waals surface area contributed by atoms with Gasteiger partial charge >= 0.3 is 0 Å². The number of nitrogens with zero attached hydrogens (tertiary/aromatic N) is 4. The first-order valence-corrected chi connectivity index (χ1v) is 9.90. The normalized spacial score (nSPS) is 17.7. The minimum Gasteiger partial charge on any atom is -0.355 e. The van der Waals surface area contributed by atoms with E-state index in [1.807, 2.05) is 11.4 Å². The van der Waals surface area contributed by atoms with Gasteiger partial charge in [0.2, 0.25) is 0 Å². The number of thiazole rings is 1. The molecule has 1 saturated heterocycles. The molecule has 0 saturated carbocycles. The summed E-state index contributed by atoms with van der Waals surface area (Å²) in [5.74, 6) is 0.909. The van der Waals surface area contributed by atoms with Gasteiger partial charge in [0.1, 0.15) is 0 Å². The largest absolute Gasteiger partial charge is 0.355 e.